The van der Waals surface area contributed by atoms with Gasteiger partial charge in [0.2, 0.25) is 0 Å². The summed E-state index contributed by atoms with van der Waals surface area (Å²) in [6.07, 6.45) is 0.774. The predicted octanol–water partition coefficient (Wildman–Crippen LogP) is 2.71. The Kier molecular flexibility index (Phi) is 4.63. The molecule has 1 unspecified atom stereocenters. The van der Waals surface area contributed by atoms with Crippen LogP contribution in [-0.2, 0) is 4.74 Å². The first-order valence-corrected chi connectivity index (χ1v) is 5.12. The van der Waals surface area contributed by atoms with Crippen LogP contribution in [0.25, 0.3) is 0 Å². The van der Waals surface area contributed by atoms with Crippen molar-refractivity contribution in [2.24, 2.45) is 11.7 Å². The molecular weight excluding hydrogens is 174 g/mol. The number of hydrogen-bond donors (Lipinski definition) is 1. The van der Waals surface area contributed by atoms with Gasteiger partial charge in [-0.05, 0) is 17.9 Å². The lowest BCUT2D eigenvalue weighted by Crippen LogP contribution is -2.15. The second-order valence-electron chi connectivity index (χ2n) is 3.88. The molecule has 0 fully saturated rings. The Bertz CT molecular complexity index is 246. The lowest BCUT2D eigenvalue weighted by molar-refractivity contribution is 0.0501. The first kappa shape index (κ1) is 11.2. The van der Waals surface area contributed by atoms with Crippen molar-refractivity contribution < 1.29 is 4.74 Å². The highest BCUT2D eigenvalue weighted by Crippen LogP contribution is 2.11. The molecule has 0 aliphatic rings. The number of benzene rings is 1. The zero-order chi connectivity index (χ0) is 10.4. The maximum atomic E-state index is 5.86. The molecular formula is C12H19NO. The summed E-state index contributed by atoms with van der Waals surface area (Å²) in [5.41, 5.74) is 6.90. The molecule has 0 aliphatic heterocycles. The smallest absolute Gasteiger partial charge is 0.131 e. The van der Waals surface area contributed by atoms with Crippen molar-refractivity contribution in [3.63, 3.8) is 0 Å². The Hall–Kier alpha value is -0.860. The van der Waals surface area contributed by atoms with Gasteiger partial charge >= 0.3 is 0 Å². The SMILES string of the molecule is CC(C)CCOC(N)c1ccccc1. The van der Waals surface area contributed by atoms with E-state index >= 15 is 0 Å². The van der Waals surface area contributed by atoms with Crippen LogP contribution in [0.3, 0.4) is 0 Å². The van der Waals surface area contributed by atoms with E-state index in [-0.39, 0.29) is 6.23 Å². The fourth-order valence-electron chi connectivity index (χ4n) is 1.17. The molecule has 1 aromatic rings. The molecule has 14 heavy (non-hydrogen) atoms. The van der Waals surface area contributed by atoms with Gasteiger partial charge in [-0.1, -0.05) is 44.2 Å². The Balaban J connectivity index is 2.32. The molecule has 0 saturated heterocycles. The summed E-state index contributed by atoms with van der Waals surface area (Å²) in [5.74, 6) is 0.665. The molecule has 0 aromatic heterocycles. The maximum Gasteiger partial charge on any atom is 0.131 e. The first-order valence-electron chi connectivity index (χ1n) is 5.12. The summed E-state index contributed by atoms with van der Waals surface area (Å²) in [6, 6.07) is 9.90. The second-order valence-corrected chi connectivity index (χ2v) is 3.88. The van der Waals surface area contributed by atoms with Crippen molar-refractivity contribution in [2.75, 3.05) is 6.61 Å². The van der Waals surface area contributed by atoms with Crippen LogP contribution < -0.4 is 5.73 Å². The Morgan fingerprint density at radius 1 is 1.21 bits per heavy atom. The molecule has 0 radical (unpaired) electrons. The van der Waals surface area contributed by atoms with Gasteiger partial charge in [-0.25, -0.2) is 0 Å². The van der Waals surface area contributed by atoms with Crippen LogP contribution in [0.2, 0.25) is 0 Å². The molecule has 1 rings (SSSR count). The standard InChI is InChI=1S/C12H19NO/c1-10(2)8-9-14-12(13)11-6-4-3-5-7-11/h3-7,10,12H,8-9,13H2,1-2H3. The maximum absolute atomic E-state index is 5.86. The third-order valence-corrected chi connectivity index (χ3v) is 2.12. The second kappa shape index (κ2) is 5.78. The fourth-order valence-corrected chi connectivity index (χ4v) is 1.17. The highest BCUT2D eigenvalue weighted by atomic mass is 16.5. The minimum Gasteiger partial charge on any atom is -0.359 e. The van der Waals surface area contributed by atoms with Crippen LogP contribution >= 0.6 is 0 Å². The monoisotopic (exact) mass is 193 g/mol. The molecule has 1 aromatic carbocycles. The van der Waals surface area contributed by atoms with Gasteiger partial charge in [-0.15, -0.1) is 0 Å². The van der Waals surface area contributed by atoms with Crippen LogP contribution in [0.5, 0.6) is 0 Å². The van der Waals surface area contributed by atoms with E-state index in [1.807, 2.05) is 30.3 Å². The van der Waals surface area contributed by atoms with Crippen molar-refractivity contribution in [1.82, 2.24) is 0 Å². The number of ether oxygens (including phenoxy) is 1. The van der Waals surface area contributed by atoms with E-state index in [4.69, 9.17) is 10.5 Å². The van der Waals surface area contributed by atoms with Gasteiger partial charge < -0.3 is 10.5 Å². The first-order chi connectivity index (χ1) is 6.70. The Morgan fingerprint density at radius 3 is 2.43 bits per heavy atom. The molecule has 0 amide bonds. The van der Waals surface area contributed by atoms with E-state index in [0.717, 1.165) is 18.6 Å². The fraction of sp³-hybridized carbons (Fsp3) is 0.500. The Morgan fingerprint density at radius 2 is 1.86 bits per heavy atom. The molecule has 2 heteroatoms. The van der Waals surface area contributed by atoms with Gasteiger partial charge in [0.25, 0.3) is 0 Å². The minimum absolute atomic E-state index is 0.282. The van der Waals surface area contributed by atoms with Crippen molar-refractivity contribution in [3.8, 4) is 0 Å². The summed E-state index contributed by atoms with van der Waals surface area (Å²) < 4.78 is 5.52. The molecule has 78 valence electrons. The van der Waals surface area contributed by atoms with E-state index < -0.39 is 0 Å². The average molecular weight is 193 g/mol. The molecule has 2 nitrogen and oxygen atoms in total. The van der Waals surface area contributed by atoms with Crippen LogP contribution in [0.1, 0.15) is 32.1 Å². The number of nitrogens with two attached hydrogens (primary N) is 1. The molecule has 0 aliphatic carbocycles. The van der Waals surface area contributed by atoms with Crippen LogP contribution in [-0.4, -0.2) is 6.61 Å². The average Bonchev–Trinajstić information content (AvgIpc) is 2.18. The van der Waals surface area contributed by atoms with Gasteiger partial charge in [-0.2, -0.15) is 0 Å². The van der Waals surface area contributed by atoms with Crippen molar-refractivity contribution >= 4 is 0 Å². The number of rotatable bonds is 5. The van der Waals surface area contributed by atoms with Crippen LogP contribution in [0.4, 0.5) is 0 Å². The molecule has 0 spiro atoms. The molecule has 1 atom stereocenters. The number of hydrogen-bond acceptors (Lipinski definition) is 2. The summed E-state index contributed by atoms with van der Waals surface area (Å²) >= 11 is 0. The third-order valence-electron chi connectivity index (χ3n) is 2.12. The lowest BCUT2D eigenvalue weighted by atomic mass is 10.1. The summed E-state index contributed by atoms with van der Waals surface area (Å²) in [5, 5.41) is 0. The molecule has 0 heterocycles. The minimum atomic E-state index is -0.282. The van der Waals surface area contributed by atoms with Gasteiger partial charge in [0.15, 0.2) is 0 Å². The van der Waals surface area contributed by atoms with E-state index in [0.29, 0.717) is 5.92 Å². The van der Waals surface area contributed by atoms with E-state index in [1.54, 1.807) is 0 Å². The van der Waals surface area contributed by atoms with Gasteiger partial charge in [0.1, 0.15) is 6.23 Å². The third kappa shape index (κ3) is 3.90. The highest BCUT2D eigenvalue weighted by Gasteiger charge is 2.04. The van der Waals surface area contributed by atoms with Gasteiger partial charge in [-0.3, -0.25) is 0 Å². The van der Waals surface area contributed by atoms with Gasteiger partial charge in [0, 0.05) is 6.61 Å². The van der Waals surface area contributed by atoms with Crippen molar-refractivity contribution in [3.05, 3.63) is 35.9 Å². The predicted molar refractivity (Wildman–Crippen MR) is 58.8 cm³/mol. The highest BCUT2D eigenvalue weighted by molar-refractivity contribution is 5.16. The molecule has 0 bridgehead atoms. The van der Waals surface area contributed by atoms with Gasteiger partial charge in [0.05, 0.1) is 0 Å². The molecule has 0 saturated carbocycles. The summed E-state index contributed by atoms with van der Waals surface area (Å²) in [6.45, 7) is 5.09. The largest absolute Gasteiger partial charge is 0.359 e. The normalized spacial score (nSPS) is 13.1. The topological polar surface area (TPSA) is 35.2 Å². The zero-order valence-electron chi connectivity index (χ0n) is 8.94. The Labute approximate surface area is 86.1 Å². The van der Waals surface area contributed by atoms with E-state index in [1.165, 1.54) is 0 Å². The van der Waals surface area contributed by atoms with Crippen molar-refractivity contribution in [1.29, 1.82) is 0 Å². The zero-order valence-corrected chi connectivity index (χ0v) is 8.94. The van der Waals surface area contributed by atoms with Crippen LogP contribution in [0, 0.1) is 5.92 Å². The van der Waals surface area contributed by atoms with Crippen LogP contribution in [0.15, 0.2) is 30.3 Å². The summed E-state index contributed by atoms with van der Waals surface area (Å²) in [7, 11) is 0. The lowest BCUT2D eigenvalue weighted by Gasteiger charge is -2.14. The quantitative estimate of drug-likeness (QED) is 0.730. The van der Waals surface area contributed by atoms with Crippen molar-refractivity contribution in [2.45, 2.75) is 26.5 Å². The van der Waals surface area contributed by atoms with E-state index in [2.05, 4.69) is 13.8 Å². The molecule has 2 N–H and O–H groups in total. The van der Waals surface area contributed by atoms with E-state index in [9.17, 15) is 0 Å². The summed E-state index contributed by atoms with van der Waals surface area (Å²) in [4.78, 5) is 0.